The molecule has 3 nitrogen and oxygen atoms in total. The normalized spacial score (nSPS) is 14.4. The van der Waals surface area contributed by atoms with Gasteiger partial charge in [-0.25, -0.2) is 0 Å². The van der Waals surface area contributed by atoms with Crippen LogP contribution >= 0.6 is 0 Å². The number of nitrogens with zero attached hydrogens (tertiary/aromatic N) is 1. The third-order valence-corrected chi connectivity index (χ3v) is 6.13. The number of hydrogen-bond donors (Lipinski definition) is 0. The summed E-state index contributed by atoms with van der Waals surface area (Å²) >= 11 is 0. The molecule has 0 saturated carbocycles. The molecule has 0 radical (unpaired) electrons. The summed E-state index contributed by atoms with van der Waals surface area (Å²) < 4.78 is 11.7. The highest BCUT2D eigenvalue weighted by molar-refractivity contribution is 6.66. The third kappa shape index (κ3) is 5.43. The fraction of sp³-hybridized carbons (Fsp3) is 1.00. The van der Waals surface area contributed by atoms with E-state index in [9.17, 15) is 0 Å². The summed E-state index contributed by atoms with van der Waals surface area (Å²) in [4.78, 5) is 2.46. The second-order valence-corrected chi connectivity index (χ2v) is 7.53. The molecule has 1 atom stereocenters. The Balaban J connectivity index is 4.36. The molecule has 0 fully saturated rings. The molecule has 0 aromatic heterocycles. The minimum Gasteiger partial charge on any atom is -0.395 e. The highest BCUT2D eigenvalue weighted by atomic mass is 28.4. The van der Waals surface area contributed by atoms with E-state index in [0.29, 0.717) is 6.04 Å². The van der Waals surface area contributed by atoms with Gasteiger partial charge in [-0.3, -0.25) is 0 Å². The monoisotopic (exact) mass is 247 g/mol. The molecule has 0 N–H and O–H groups in total. The van der Waals surface area contributed by atoms with Gasteiger partial charge in [0.15, 0.2) is 0 Å². The first kappa shape index (κ1) is 16.1. The fourth-order valence-corrected chi connectivity index (χ4v) is 5.15. The zero-order chi connectivity index (χ0) is 12.6. The van der Waals surface area contributed by atoms with Gasteiger partial charge in [0.1, 0.15) is 0 Å². The molecule has 0 aliphatic heterocycles. The smallest absolute Gasteiger partial charge is 0.336 e. The topological polar surface area (TPSA) is 21.7 Å². The van der Waals surface area contributed by atoms with Crippen molar-refractivity contribution in [3.8, 4) is 0 Å². The maximum absolute atomic E-state index is 5.87. The molecule has 0 aliphatic carbocycles. The lowest BCUT2D eigenvalue weighted by atomic mass is 10.3. The SMILES string of the molecule is CCO[Si](C)(CC(C)N(CC)CC)OCC. The molecule has 4 heteroatoms. The molecule has 1 unspecified atom stereocenters. The predicted molar refractivity (Wildman–Crippen MR) is 72.1 cm³/mol. The minimum absolute atomic E-state index is 0.546. The fourth-order valence-electron chi connectivity index (χ4n) is 2.28. The Morgan fingerprint density at radius 3 is 1.75 bits per heavy atom. The Bertz CT molecular complexity index is 168. The van der Waals surface area contributed by atoms with E-state index in [1.165, 1.54) is 0 Å². The van der Waals surface area contributed by atoms with Crippen LogP contribution in [0.5, 0.6) is 0 Å². The molecule has 0 spiro atoms. The second-order valence-electron chi connectivity index (χ2n) is 4.27. The largest absolute Gasteiger partial charge is 0.395 e. The number of hydrogen-bond acceptors (Lipinski definition) is 3. The van der Waals surface area contributed by atoms with Gasteiger partial charge in [-0.05, 0) is 40.4 Å². The van der Waals surface area contributed by atoms with Crippen LogP contribution in [0.4, 0.5) is 0 Å². The maximum atomic E-state index is 5.87. The van der Waals surface area contributed by atoms with Crippen molar-refractivity contribution in [1.29, 1.82) is 0 Å². The molecule has 0 aliphatic rings. The molecule has 98 valence electrons. The van der Waals surface area contributed by atoms with Crippen molar-refractivity contribution in [2.75, 3.05) is 26.3 Å². The average molecular weight is 247 g/mol. The van der Waals surface area contributed by atoms with Crippen LogP contribution in [0.1, 0.15) is 34.6 Å². The van der Waals surface area contributed by atoms with E-state index in [2.05, 4.69) is 32.2 Å². The van der Waals surface area contributed by atoms with Gasteiger partial charge in [0.05, 0.1) is 0 Å². The zero-order valence-electron chi connectivity index (χ0n) is 11.9. The summed E-state index contributed by atoms with van der Waals surface area (Å²) in [5, 5.41) is 0. The van der Waals surface area contributed by atoms with Gasteiger partial charge >= 0.3 is 8.56 Å². The van der Waals surface area contributed by atoms with Gasteiger partial charge in [0.2, 0.25) is 0 Å². The Labute approximate surface area is 102 Å². The summed E-state index contributed by atoms with van der Waals surface area (Å²) in [5.74, 6) is 0. The van der Waals surface area contributed by atoms with Crippen molar-refractivity contribution in [1.82, 2.24) is 4.90 Å². The van der Waals surface area contributed by atoms with E-state index in [4.69, 9.17) is 8.85 Å². The predicted octanol–water partition coefficient (Wildman–Crippen LogP) is 2.86. The summed E-state index contributed by atoms with van der Waals surface area (Å²) in [5.41, 5.74) is 0. The van der Waals surface area contributed by atoms with Crippen LogP contribution in [0.2, 0.25) is 12.6 Å². The molecule has 0 aromatic rings. The Hall–Kier alpha value is 0.0969. The van der Waals surface area contributed by atoms with Gasteiger partial charge in [0, 0.05) is 25.3 Å². The van der Waals surface area contributed by atoms with Crippen LogP contribution < -0.4 is 0 Å². The van der Waals surface area contributed by atoms with Crippen LogP contribution in [0, 0.1) is 0 Å². The standard InChI is InChI=1S/C12H29NO2Si/c1-7-13(8-2)12(5)11-16(6,14-9-3)15-10-4/h12H,7-11H2,1-6H3. The van der Waals surface area contributed by atoms with Gasteiger partial charge < -0.3 is 13.8 Å². The number of rotatable bonds is 9. The van der Waals surface area contributed by atoms with Crippen LogP contribution in [0.15, 0.2) is 0 Å². The van der Waals surface area contributed by atoms with Gasteiger partial charge in [0.25, 0.3) is 0 Å². The van der Waals surface area contributed by atoms with Crippen LogP contribution in [0.25, 0.3) is 0 Å². The first-order valence-corrected chi connectivity index (χ1v) is 9.07. The lowest BCUT2D eigenvalue weighted by molar-refractivity contribution is 0.169. The molecular weight excluding hydrogens is 218 g/mol. The first-order valence-electron chi connectivity index (χ1n) is 6.54. The van der Waals surface area contributed by atoms with Crippen molar-refractivity contribution >= 4 is 8.56 Å². The average Bonchev–Trinajstić information content (AvgIpc) is 2.19. The highest BCUT2D eigenvalue weighted by Gasteiger charge is 2.34. The van der Waals surface area contributed by atoms with Crippen molar-refractivity contribution < 1.29 is 8.85 Å². The molecule has 0 saturated heterocycles. The minimum atomic E-state index is -1.95. The van der Waals surface area contributed by atoms with Crippen molar-refractivity contribution in [2.45, 2.75) is 53.3 Å². The lowest BCUT2D eigenvalue weighted by Crippen LogP contribution is -2.46. The second kappa shape index (κ2) is 8.23. The molecule has 0 aromatic carbocycles. The van der Waals surface area contributed by atoms with Crippen LogP contribution in [0.3, 0.4) is 0 Å². The third-order valence-electron chi connectivity index (χ3n) is 3.00. The summed E-state index contributed by atoms with van der Waals surface area (Å²) in [6.07, 6.45) is 0. The molecular formula is C12H29NO2Si. The van der Waals surface area contributed by atoms with Gasteiger partial charge in [-0.15, -0.1) is 0 Å². The highest BCUT2D eigenvalue weighted by Crippen LogP contribution is 2.19. The van der Waals surface area contributed by atoms with E-state index in [1.54, 1.807) is 0 Å². The summed E-state index contributed by atoms with van der Waals surface area (Å²) in [6.45, 7) is 16.7. The lowest BCUT2D eigenvalue weighted by Gasteiger charge is -2.33. The van der Waals surface area contributed by atoms with Crippen molar-refractivity contribution in [3.05, 3.63) is 0 Å². The summed E-state index contributed by atoms with van der Waals surface area (Å²) in [6, 6.07) is 1.60. The Morgan fingerprint density at radius 2 is 1.44 bits per heavy atom. The van der Waals surface area contributed by atoms with Gasteiger partial charge in [-0.1, -0.05) is 13.8 Å². The van der Waals surface area contributed by atoms with Crippen molar-refractivity contribution in [3.63, 3.8) is 0 Å². The van der Waals surface area contributed by atoms with E-state index in [0.717, 1.165) is 32.3 Å². The van der Waals surface area contributed by atoms with Crippen LogP contribution in [-0.2, 0) is 8.85 Å². The van der Waals surface area contributed by atoms with Crippen molar-refractivity contribution in [2.24, 2.45) is 0 Å². The molecule has 0 heterocycles. The molecule has 0 amide bonds. The van der Waals surface area contributed by atoms with Gasteiger partial charge in [-0.2, -0.15) is 0 Å². The maximum Gasteiger partial charge on any atom is 0.336 e. The van der Waals surface area contributed by atoms with E-state index in [-0.39, 0.29) is 0 Å². The van der Waals surface area contributed by atoms with E-state index < -0.39 is 8.56 Å². The molecule has 0 bridgehead atoms. The molecule has 0 rings (SSSR count). The van der Waals surface area contributed by atoms with Crippen LogP contribution in [-0.4, -0.2) is 45.8 Å². The Kier molecular flexibility index (Phi) is 8.28. The quantitative estimate of drug-likeness (QED) is 0.585. The summed E-state index contributed by atoms with van der Waals surface area (Å²) in [7, 11) is -1.95. The van der Waals surface area contributed by atoms with E-state index >= 15 is 0 Å². The molecule has 16 heavy (non-hydrogen) atoms. The first-order chi connectivity index (χ1) is 7.52. The zero-order valence-corrected chi connectivity index (χ0v) is 12.9. The Morgan fingerprint density at radius 1 is 1.00 bits per heavy atom. The van der Waals surface area contributed by atoms with E-state index in [1.807, 2.05) is 13.8 Å².